The first-order valence-corrected chi connectivity index (χ1v) is 3.85. The summed E-state index contributed by atoms with van der Waals surface area (Å²) in [7, 11) is 0. The van der Waals surface area contributed by atoms with Crippen LogP contribution in [0.5, 0.6) is 0 Å². The van der Waals surface area contributed by atoms with Crippen LogP contribution < -0.4 is 0 Å². The van der Waals surface area contributed by atoms with Gasteiger partial charge in [-0.3, -0.25) is 0 Å². The van der Waals surface area contributed by atoms with Crippen molar-refractivity contribution in [2.24, 2.45) is 0 Å². The SMILES string of the molecule is CC(O)/C=C/C=C/c1ccco1. The molecule has 0 aliphatic rings. The number of allylic oxidation sites excluding steroid dienone is 2. The average molecular weight is 164 g/mol. The fraction of sp³-hybridized carbons (Fsp3) is 0.200. The van der Waals surface area contributed by atoms with Crippen LogP contribution in [0.15, 0.2) is 41.0 Å². The van der Waals surface area contributed by atoms with Crippen molar-refractivity contribution in [2.45, 2.75) is 13.0 Å². The van der Waals surface area contributed by atoms with E-state index in [0.29, 0.717) is 0 Å². The van der Waals surface area contributed by atoms with Crippen molar-refractivity contribution in [1.82, 2.24) is 0 Å². The summed E-state index contributed by atoms with van der Waals surface area (Å²) in [5, 5.41) is 8.87. The van der Waals surface area contributed by atoms with Gasteiger partial charge in [-0.2, -0.15) is 0 Å². The molecule has 1 unspecified atom stereocenters. The summed E-state index contributed by atoms with van der Waals surface area (Å²) in [6.45, 7) is 1.71. The number of hydrogen-bond donors (Lipinski definition) is 1. The Morgan fingerprint density at radius 2 is 2.33 bits per heavy atom. The van der Waals surface area contributed by atoms with E-state index in [-0.39, 0.29) is 0 Å². The van der Waals surface area contributed by atoms with Gasteiger partial charge in [0.25, 0.3) is 0 Å². The van der Waals surface area contributed by atoms with Gasteiger partial charge in [0.05, 0.1) is 12.4 Å². The minimum Gasteiger partial charge on any atom is -0.465 e. The maximum atomic E-state index is 8.87. The molecule has 64 valence electrons. The van der Waals surface area contributed by atoms with Crippen LogP contribution in [0.3, 0.4) is 0 Å². The highest BCUT2D eigenvalue weighted by molar-refractivity contribution is 5.44. The van der Waals surface area contributed by atoms with E-state index in [2.05, 4.69) is 0 Å². The van der Waals surface area contributed by atoms with Gasteiger partial charge in [-0.05, 0) is 25.1 Å². The second-order valence-corrected chi connectivity index (χ2v) is 2.50. The van der Waals surface area contributed by atoms with Crippen LogP contribution in [0.4, 0.5) is 0 Å². The molecule has 2 nitrogen and oxygen atoms in total. The maximum absolute atomic E-state index is 8.87. The lowest BCUT2D eigenvalue weighted by Crippen LogP contribution is -1.90. The highest BCUT2D eigenvalue weighted by Crippen LogP contribution is 2.01. The zero-order chi connectivity index (χ0) is 8.81. The molecule has 0 bridgehead atoms. The summed E-state index contributed by atoms with van der Waals surface area (Å²) in [6.07, 6.45) is 8.36. The van der Waals surface area contributed by atoms with Gasteiger partial charge in [0.1, 0.15) is 5.76 Å². The van der Waals surface area contributed by atoms with Crippen molar-refractivity contribution < 1.29 is 9.52 Å². The Morgan fingerprint density at radius 1 is 1.50 bits per heavy atom. The molecule has 1 atom stereocenters. The smallest absolute Gasteiger partial charge is 0.126 e. The van der Waals surface area contributed by atoms with E-state index >= 15 is 0 Å². The number of aliphatic hydroxyl groups is 1. The van der Waals surface area contributed by atoms with Crippen molar-refractivity contribution in [2.75, 3.05) is 0 Å². The Kier molecular flexibility index (Phi) is 3.35. The Morgan fingerprint density at radius 3 is 2.92 bits per heavy atom. The topological polar surface area (TPSA) is 33.4 Å². The molecule has 12 heavy (non-hydrogen) atoms. The van der Waals surface area contributed by atoms with Crippen LogP contribution in [0, 0.1) is 0 Å². The van der Waals surface area contributed by atoms with Crippen molar-refractivity contribution in [3.8, 4) is 0 Å². The number of hydrogen-bond acceptors (Lipinski definition) is 2. The zero-order valence-corrected chi connectivity index (χ0v) is 6.97. The number of furan rings is 1. The van der Waals surface area contributed by atoms with Crippen molar-refractivity contribution in [1.29, 1.82) is 0 Å². The molecule has 0 spiro atoms. The van der Waals surface area contributed by atoms with Gasteiger partial charge < -0.3 is 9.52 Å². The van der Waals surface area contributed by atoms with E-state index in [9.17, 15) is 0 Å². The largest absolute Gasteiger partial charge is 0.465 e. The molecular weight excluding hydrogens is 152 g/mol. The molecule has 1 aromatic rings. The molecule has 1 rings (SSSR count). The first-order chi connectivity index (χ1) is 5.79. The summed E-state index contributed by atoms with van der Waals surface area (Å²) in [5.41, 5.74) is 0. The first-order valence-electron chi connectivity index (χ1n) is 3.85. The molecule has 0 fully saturated rings. The van der Waals surface area contributed by atoms with E-state index < -0.39 is 6.10 Å². The van der Waals surface area contributed by atoms with Crippen LogP contribution >= 0.6 is 0 Å². The molecule has 1 N–H and O–H groups in total. The second-order valence-electron chi connectivity index (χ2n) is 2.50. The van der Waals surface area contributed by atoms with Gasteiger partial charge in [0.15, 0.2) is 0 Å². The fourth-order valence-corrected chi connectivity index (χ4v) is 0.761. The Bertz CT molecular complexity index is 255. The lowest BCUT2D eigenvalue weighted by atomic mass is 10.3. The van der Waals surface area contributed by atoms with Gasteiger partial charge in [-0.25, -0.2) is 0 Å². The zero-order valence-electron chi connectivity index (χ0n) is 6.97. The van der Waals surface area contributed by atoms with Crippen molar-refractivity contribution >= 4 is 6.08 Å². The predicted molar refractivity (Wildman–Crippen MR) is 48.6 cm³/mol. The quantitative estimate of drug-likeness (QED) is 0.695. The number of aliphatic hydroxyl groups excluding tert-OH is 1. The fourth-order valence-electron chi connectivity index (χ4n) is 0.761. The summed E-state index contributed by atoms with van der Waals surface area (Å²) in [4.78, 5) is 0. The van der Waals surface area contributed by atoms with Crippen LogP contribution in [0.25, 0.3) is 6.08 Å². The average Bonchev–Trinajstić information content (AvgIpc) is 2.49. The van der Waals surface area contributed by atoms with E-state index in [1.165, 1.54) is 0 Å². The first kappa shape index (κ1) is 8.81. The highest BCUT2D eigenvalue weighted by Gasteiger charge is 1.84. The third-order valence-corrected chi connectivity index (χ3v) is 1.30. The molecule has 0 aliphatic carbocycles. The molecule has 0 radical (unpaired) electrons. The van der Waals surface area contributed by atoms with Crippen LogP contribution in [0.1, 0.15) is 12.7 Å². The van der Waals surface area contributed by atoms with E-state index in [0.717, 1.165) is 5.76 Å². The molecule has 1 heterocycles. The minimum atomic E-state index is -0.397. The van der Waals surface area contributed by atoms with Crippen LogP contribution in [-0.2, 0) is 0 Å². The molecule has 0 amide bonds. The minimum absolute atomic E-state index is 0.397. The summed E-state index contributed by atoms with van der Waals surface area (Å²) in [6, 6.07) is 3.70. The van der Waals surface area contributed by atoms with Crippen LogP contribution in [0.2, 0.25) is 0 Å². The van der Waals surface area contributed by atoms with E-state index in [1.54, 1.807) is 25.3 Å². The van der Waals surface area contributed by atoms with Gasteiger partial charge in [-0.1, -0.05) is 18.2 Å². The van der Waals surface area contributed by atoms with Gasteiger partial charge in [-0.15, -0.1) is 0 Å². The summed E-state index contributed by atoms with van der Waals surface area (Å²) < 4.78 is 5.06. The molecule has 1 aromatic heterocycles. The van der Waals surface area contributed by atoms with E-state index in [1.807, 2.05) is 24.3 Å². The molecule has 0 aromatic carbocycles. The Labute approximate surface area is 71.8 Å². The van der Waals surface area contributed by atoms with E-state index in [4.69, 9.17) is 9.52 Å². The maximum Gasteiger partial charge on any atom is 0.126 e. The van der Waals surface area contributed by atoms with Crippen molar-refractivity contribution in [3.63, 3.8) is 0 Å². The highest BCUT2D eigenvalue weighted by atomic mass is 16.3. The third-order valence-electron chi connectivity index (χ3n) is 1.30. The Hall–Kier alpha value is -1.28. The molecular formula is C10H12O2. The van der Waals surface area contributed by atoms with Gasteiger partial charge >= 0.3 is 0 Å². The van der Waals surface area contributed by atoms with Gasteiger partial charge in [0.2, 0.25) is 0 Å². The molecule has 0 saturated heterocycles. The summed E-state index contributed by atoms with van der Waals surface area (Å²) in [5.74, 6) is 0.810. The second kappa shape index (κ2) is 4.57. The molecule has 2 heteroatoms. The lowest BCUT2D eigenvalue weighted by molar-refractivity contribution is 0.244. The van der Waals surface area contributed by atoms with Crippen LogP contribution in [-0.4, -0.2) is 11.2 Å². The predicted octanol–water partition coefficient (Wildman–Crippen LogP) is 2.23. The normalized spacial score (nSPS) is 14.5. The standard InChI is InChI=1S/C10H12O2/c1-9(11)5-2-3-6-10-7-4-8-12-10/h2-9,11H,1H3/b5-2+,6-3+. The molecule has 0 aliphatic heterocycles. The third kappa shape index (κ3) is 3.21. The Balaban J connectivity index is 2.42. The van der Waals surface area contributed by atoms with Crippen molar-refractivity contribution in [3.05, 3.63) is 42.4 Å². The number of rotatable bonds is 3. The van der Waals surface area contributed by atoms with Gasteiger partial charge in [0, 0.05) is 0 Å². The summed E-state index contributed by atoms with van der Waals surface area (Å²) >= 11 is 0. The molecule has 0 saturated carbocycles. The monoisotopic (exact) mass is 164 g/mol. The lowest BCUT2D eigenvalue weighted by Gasteiger charge is -1.88.